The lowest BCUT2D eigenvalue weighted by atomic mass is 9.92. The van der Waals surface area contributed by atoms with Crippen molar-refractivity contribution < 1.29 is 23.5 Å². The van der Waals surface area contributed by atoms with Gasteiger partial charge in [0.25, 0.3) is 0 Å². The zero-order chi connectivity index (χ0) is 22.4. The normalized spacial score (nSPS) is 27.4. The summed E-state index contributed by atoms with van der Waals surface area (Å²) in [4.78, 5) is 41.5. The molecule has 172 valence electrons. The first kappa shape index (κ1) is 21.0. The Hall–Kier alpha value is -2.84. The van der Waals surface area contributed by atoms with Crippen LogP contribution in [0.2, 0.25) is 0 Å². The van der Waals surface area contributed by atoms with Crippen molar-refractivity contribution in [1.29, 1.82) is 0 Å². The highest BCUT2D eigenvalue weighted by molar-refractivity contribution is 5.90. The van der Waals surface area contributed by atoms with Crippen molar-refractivity contribution in [3.05, 3.63) is 24.0 Å². The van der Waals surface area contributed by atoms with Gasteiger partial charge in [-0.1, -0.05) is 0 Å². The lowest BCUT2D eigenvalue weighted by Gasteiger charge is -2.37. The van der Waals surface area contributed by atoms with Crippen molar-refractivity contribution in [1.82, 2.24) is 10.2 Å². The molecule has 3 heterocycles. The van der Waals surface area contributed by atoms with Crippen molar-refractivity contribution in [3.8, 4) is 0 Å². The van der Waals surface area contributed by atoms with Gasteiger partial charge in [-0.15, -0.1) is 0 Å². The molecule has 0 spiro atoms. The fourth-order valence-electron chi connectivity index (χ4n) is 5.23. The molecule has 8 nitrogen and oxygen atoms in total. The van der Waals surface area contributed by atoms with E-state index < -0.39 is 12.2 Å². The molecule has 4 aliphatic rings. The van der Waals surface area contributed by atoms with E-state index >= 15 is 4.39 Å². The van der Waals surface area contributed by atoms with E-state index in [-0.39, 0.29) is 42.7 Å². The Labute approximate surface area is 186 Å². The summed E-state index contributed by atoms with van der Waals surface area (Å²) in [5.74, 6) is 0.263. The number of carbonyl (C=O) groups excluding carboxylic acids is 3. The van der Waals surface area contributed by atoms with Crippen molar-refractivity contribution in [3.63, 3.8) is 0 Å². The third-order valence-corrected chi connectivity index (χ3v) is 7.03. The Morgan fingerprint density at radius 2 is 2.00 bits per heavy atom. The largest absolute Gasteiger partial charge is 0.442 e. The van der Waals surface area contributed by atoms with E-state index in [4.69, 9.17) is 4.74 Å². The van der Waals surface area contributed by atoms with E-state index in [1.54, 1.807) is 12.1 Å². The second-order valence-electron chi connectivity index (χ2n) is 9.37. The summed E-state index contributed by atoms with van der Waals surface area (Å²) in [5.41, 5.74) is 0.938. The molecule has 1 aromatic carbocycles. The summed E-state index contributed by atoms with van der Waals surface area (Å²) in [6.45, 7) is 4.07. The summed E-state index contributed by atoms with van der Waals surface area (Å²) in [5, 5.41) is 2.63. The van der Waals surface area contributed by atoms with Gasteiger partial charge in [-0.2, -0.15) is 0 Å². The lowest BCUT2D eigenvalue weighted by molar-refractivity contribution is -0.136. The quantitative estimate of drug-likeness (QED) is 0.753. The number of likely N-dealkylation sites (tertiary alicyclic amines) is 1. The molecular weight excluding hydrogens is 415 g/mol. The average molecular weight is 445 g/mol. The number of nitrogens with one attached hydrogen (secondary N) is 1. The molecular formula is C23H29FN4O4. The minimum Gasteiger partial charge on any atom is -0.442 e. The van der Waals surface area contributed by atoms with Gasteiger partial charge in [-0.3, -0.25) is 14.5 Å². The Balaban J connectivity index is 1.27. The number of fused-ring (bicyclic) bond motifs is 1. The Kier molecular flexibility index (Phi) is 5.43. The van der Waals surface area contributed by atoms with E-state index in [2.05, 4.69) is 5.32 Å². The maximum absolute atomic E-state index is 15.1. The van der Waals surface area contributed by atoms with E-state index in [1.165, 1.54) is 17.9 Å². The van der Waals surface area contributed by atoms with Crippen LogP contribution in [0.3, 0.4) is 0 Å². The number of anilines is 2. The minimum absolute atomic E-state index is 0.152. The molecule has 0 radical (unpaired) electrons. The fraction of sp³-hybridized carbons (Fsp3) is 0.609. The van der Waals surface area contributed by atoms with Gasteiger partial charge in [0.05, 0.1) is 30.5 Å². The van der Waals surface area contributed by atoms with E-state index in [9.17, 15) is 14.4 Å². The zero-order valence-corrected chi connectivity index (χ0v) is 18.3. The molecule has 1 aromatic rings. The molecule has 0 bridgehead atoms. The zero-order valence-electron chi connectivity index (χ0n) is 18.3. The van der Waals surface area contributed by atoms with Crippen molar-refractivity contribution in [2.24, 2.45) is 11.8 Å². The summed E-state index contributed by atoms with van der Waals surface area (Å²) in [6.07, 6.45) is 3.05. The Bertz CT molecular complexity index is 937. The van der Waals surface area contributed by atoms with Gasteiger partial charge >= 0.3 is 6.09 Å². The Morgan fingerprint density at radius 3 is 2.72 bits per heavy atom. The van der Waals surface area contributed by atoms with E-state index in [0.717, 1.165) is 38.8 Å². The molecule has 1 aliphatic carbocycles. The highest BCUT2D eigenvalue weighted by Crippen LogP contribution is 2.39. The molecule has 3 amide bonds. The van der Waals surface area contributed by atoms with Crippen LogP contribution < -0.4 is 15.1 Å². The number of halogens is 1. The number of amides is 3. The van der Waals surface area contributed by atoms with Gasteiger partial charge in [-0.25, -0.2) is 9.18 Å². The molecule has 9 heteroatoms. The third-order valence-electron chi connectivity index (χ3n) is 7.03. The van der Waals surface area contributed by atoms with Crippen LogP contribution in [0.15, 0.2) is 18.2 Å². The predicted molar refractivity (Wildman–Crippen MR) is 116 cm³/mol. The monoisotopic (exact) mass is 444 g/mol. The van der Waals surface area contributed by atoms with Crippen LogP contribution in [0.1, 0.15) is 32.6 Å². The number of hydrogen-bond acceptors (Lipinski definition) is 5. The first-order chi connectivity index (χ1) is 15.4. The van der Waals surface area contributed by atoms with E-state index in [1.807, 2.05) is 9.80 Å². The molecule has 3 saturated heterocycles. The summed E-state index contributed by atoms with van der Waals surface area (Å²) in [6, 6.07) is 4.96. The van der Waals surface area contributed by atoms with Crippen molar-refractivity contribution in [2.75, 3.05) is 42.5 Å². The van der Waals surface area contributed by atoms with Crippen LogP contribution in [0, 0.1) is 17.7 Å². The summed E-state index contributed by atoms with van der Waals surface area (Å²) >= 11 is 0. The smallest absolute Gasteiger partial charge is 0.414 e. The second kappa shape index (κ2) is 8.26. The molecule has 1 N–H and O–H groups in total. The summed E-state index contributed by atoms with van der Waals surface area (Å²) < 4.78 is 20.4. The molecule has 32 heavy (non-hydrogen) atoms. The number of ether oxygens (including phenoxy) is 1. The topological polar surface area (TPSA) is 82.2 Å². The number of rotatable bonds is 5. The molecule has 5 rings (SSSR count). The first-order valence-electron chi connectivity index (χ1n) is 11.5. The fourth-order valence-corrected chi connectivity index (χ4v) is 5.23. The van der Waals surface area contributed by atoms with Gasteiger partial charge in [-0.05, 0) is 49.8 Å². The summed E-state index contributed by atoms with van der Waals surface area (Å²) in [7, 11) is 0. The number of hydrogen-bond donors (Lipinski definition) is 1. The standard InChI is InChI=1S/C23H29FN4O4/c1-14(29)25-10-18-12-28(23(31)32-18)17-6-7-20(19(24)9-17)26-11-16-3-2-8-27(21(16)13-26)22(30)15-4-5-15/h6-7,9,15-16,18,21H,2-5,8,10-13H2,1H3,(H,25,29)/t16-,18+,21+/m1/s1. The molecule has 0 aromatic heterocycles. The van der Waals surface area contributed by atoms with Crippen LogP contribution in [0.25, 0.3) is 0 Å². The molecule has 3 aliphatic heterocycles. The SMILES string of the molecule is CC(=O)NC[C@H]1CN(c2ccc(N3C[C@H]4CCCN(C(=O)C5CC5)[C@H]4C3)c(F)c2)C(=O)O1. The Morgan fingerprint density at radius 1 is 1.19 bits per heavy atom. The molecule has 4 fully saturated rings. The van der Waals surface area contributed by atoms with Crippen LogP contribution >= 0.6 is 0 Å². The first-order valence-corrected chi connectivity index (χ1v) is 11.5. The molecule has 1 saturated carbocycles. The van der Waals surface area contributed by atoms with Crippen molar-refractivity contribution >= 4 is 29.3 Å². The average Bonchev–Trinajstić information content (AvgIpc) is 3.42. The van der Waals surface area contributed by atoms with Gasteiger partial charge < -0.3 is 19.9 Å². The number of cyclic esters (lactones) is 1. The maximum Gasteiger partial charge on any atom is 0.414 e. The number of nitrogens with zero attached hydrogens (tertiary/aromatic N) is 3. The number of benzene rings is 1. The highest BCUT2D eigenvalue weighted by atomic mass is 19.1. The highest BCUT2D eigenvalue weighted by Gasteiger charge is 2.45. The number of carbonyl (C=O) groups is 3. The van der Waals surface area contributed by atoms with Crippen LogP contribution in [0.4, 0.5) is 20.6 Å². The second-order valence-corrected chi connectivity index (χ2v) is 9.37. The van der Waals surface area contributed by atoms with Crippen LogP contribution in [-0.2, 0) is 14.3 Å². The maximum atomic E-state index is 15.1. The van der Waals surface area contributed by atoms with Gasteiger partial charge in [0.1, 0.15) is 11.9 Å². The van der Waals surface area contributed by atoms with Gasteiger partial charge in [0.15, 0.2) is 0 Å². The van der Waals surface area contributed by atoms with Crippen LogP contribution in [0.5, 0.6) is 0 Å². The van der Waals surface area contributed by atoms with Crippen LogP contribution in [-0.4, -0.2) is 67.7 Å². The van der Waals surface area contributed by atoms with Gasteiger partial charge in [0.2, 0.25) is 11.8 Å². The van der Waals surface area contributed by atoms with Gasteiger partial charge in [0, 0.05) is 32.5 Å². The lowest BCUT2D eigenvalue weighted by Crippen LogP contribution is -2.49. The number of piperidine rings is 1. The minimum atomic E-state index is -0.547. The predicted octanol–water partition coefficient (Wildman–Crippen LogP) is 2.12. The van der Waals surface area contributed by atoms with Crippen molar-refractivity contribution in [2.45, 2.75) is 44.8 Å². The van der Waals surface area contributed by atoms with E-state index in [0.29, 0.717) is 23.8 Å². The molecule has 0 unspecified atom stereocenters. The molecule has 3 atom stereocenters. The third kappa shape index (κ3) is 4.00.